The van der Waals surface area contributed by atoms with Crippen LogP contribution in [0.25, 0.3) is 10.6 Å². The second-order valence-electron chi connectivity index (χ2n) is 3.98. The van der Waals surface area contributed by atoms with Crippen molar-refractivity contribution in [2.45, 2.75) is 6.92 Å². The fraction of sp³-hybridized carbons (Fsp3) is 0.167. The van der Waals surface area contributed by atoms with Gasteiger partial charge in [-0.2, -0.15) is 0 Å². The van der Waals surface area contributed by atoms with E-state index in [-0.39, 0.29) is 0 Å². The van der Waals surface area contributed by atoms with Crippen LogP contribution in [-0.2, 0) is 0 Å². The third kappa shape index (κ3) is 3.70. The molecule has 0 bridgehead atoms. The van der Waals surface area contributed by atoms with E-state index in [4.69, 9.17) is 12.2 Å². The summed E-state index contributed by atoms with van der Waals surface area (Å²) in [6.07, 6.45) is 2.66. The Labute approximate surface area is 129 Å². The largest absolute Gasteiger partial charge is 0.340 e. The van der Waals surface area contributed by atoms with Gasteiger partial charge in [0.25, 0.3) is 0 Å². The summed E-state index contributed by atoms with van der Waals surface area (Å²) >= 11 is 6.49. The molecule has 0 spiro atoms. The van der Waals surface area contributed by atoms with E-state index in [1.54, 1.807) is 6.92 Å². The van der Waals surface area contributed by atoms with Crippen molar-refractivity contribution < 1.29 is 9.18 Å². The van der Waals surface area contributed by atoms with E-state index in [2.05, 4.69) is 26.1 Å². The highest BCUT2D eigenvalue weighted by atomic mass is 32.1. The number of aromatic nitrogens is 2. The molecule has 0 fully saturated rings. The summed E-state index contributed by atoms with van der Waals surface area (Å²) in [5.41, 5.74) is 6.27. The third-order valence-corrected chi connectivity index (χ3v) is 4.13. The molecule has 6 nitrogen and oxygen atoms in total. The van der Waals surface area contributed by atoms with Crippen molar-refractivity contribution in [2.75, 3.05) is 7.05 Å². The summed E-state index contributed by atoms with van der Waals surface area (Å²) in [6.45, 7) is 1.79. The van der Waals surface area contributed by atoms with Gasteiger partial charge in [-0.3, -0.25) is 15.8 Å². The van der Waals surface area contributed by atoms with E-state index < -0.39 is 11.8 Å². The lowest BCUT2D eigenvalue weighted by atomic mass is 10.3. The van der Waals surface area contributed by atoms with Crippen LogP contribution in [0.2, 0.25) is 0 Å². The first-order valence-corrected chi connectivity index (χ1v) is 7.10. The van der Waals surface area contributed by atoms with Gasteiger partial charge in [-0.15, -0.1) is 11.3 Å². The summed E-state index contributed by atoms with van der Waals surface area (Å²) in [5.74, 6) is -0.427. The fourth-order valence-electron chi connectivity index (χ4n) is 1.49. The van der Waals surface area contributed by atoms with Gasteiger partial charge >= 0.3 is 6.03 Å². The Hall–Kier alpha value is -2.13. The molecule has 0 aromatic carbocycles. The zero-order chi connectivity index (χ0) is 15.4. The molecule has 0 aliphatic heterocycles. The number of nitrogens with one attached hydrogen (secondary N) is 3. The lowest BCUT2D eigenvalue weighted by molar-refractivity contribution is 0.241. The normalized spacial score (nSPS) is 10.0. The highest BCUT2D eigenvalue weighted by molar-refractivity contribution is 7.81. The van der Waals surface area contributed by atoms with Crippen molar-refractivity contribution in [1.82, 2.24) is 26.1 Å². The average Bonchev–Trinajstić information content (AvgIpc) is 2.86. The number of carbonyl (C=O) groups excluding carboxylic acids is 1. The molecule has 110 valence electrons. The highest BCUT2D eigenvalue weighted by Crippen LogP contribution is 2.27. The highest BCUT2D eigenvalue weighted by Gasteiger charge is 2.14. The zero-order valence-corrected chi connectivity index (χ0v) is 12.9. The molecule has 0 saturated carbocycles. The van der Waals surface area contributed by atoms with Crippen LogP contribution in [0.15, 0.2) is 18.5 Å². The number of hydrogen-bond acceptors (Lipinski definition) is 5. The molecule has 0 radical (unpaired) electrons. The molecule has 0 unspecified atom stereocenters. The zero-order valence-electron chi connectivity index (χ0n) is 11.2. The Morgan fingerprint density at radius 1 is 1.38 bits per heavy atom. The van der Waals surface area contributed by atoms with Crippen molar-refractivity contribution in [3.8, 4) is 10.6 Å². The van der Waals surface area contributed by atoms with E-state index in [1.165, 1.54) is 30.6 Å². The van der Waals surface area contributed by atoms with Gasteiger partial charge in [0.2, 0.25) is 0 Å². The first kappa shape index (κ1) is 15.3. The van der Waals surface area contributed by atoms with Crippen molar-refractivity contribution in [1.29, 1.82) is 0 Å². The number of aryl methyl sites for hydroxylation is 1. The molecular weight excluding hydrogens is 313 g/mol. The Morgan fingerprint density at radius 2 is 2.14 bits per heavy atom. The van der Waals surface area contributed by atoms with E-state index >= 15 is 0 Å². The number of hydrazine groups is 1. The van der Waals surface area contributed by atoms with Gasteiger partial charge in [-0.05, 0) is 13.0 Å². The minimum absolute atomic E-state index is 0.337. The Bertz CT molecular complexity index is 688. The molecule has 2 amide bonds. The number of amides is 2. The van der Waals surface area contributed by atoms with Gasteiger partial charge in [0.1, 0.15) is 15.8 Å². The topological polar surface area (TPSA) is 78.9 Å². The van der Waals surface area contributed by atoms with Gasteiger partial charge in [0.05, 0.1) is 16.8 Å². The molecular formula is C12H12FN5OS2. The second kappa shape index (κ2) is 6.55. The van der Waals surface area contributed by atoms with Crippen LogP contribution in [-0.4, -0.2) is 28.0 Å². The predicted octanol–water partition coefficient (Wildman–Crippen LogP) is 1.76. The maximum absolute atomic E-state index is 13.2. The molecule has 3 N–H and O–H groups in total. The van der Waals surface area contributed by atoms with Crippen LogP contribution in [0.5, 0.6) is 0 Å². The number of halogens is 1. The van der Waals surface area contributed by atoms with Gasteiger partial charge < -0.3 is 5.32 Å². The number of hydrogen-bond donors (Lipinski definition) is 3. The van der Waals surface area contributed by atoms with Crippen LogP contribution in [0.1, 0.15) is 10.6 Å². The Balaban J connectivity index is 2.19. The molecule has 0 aliphatic rings. The van der Waals surface area contributed by atoms with Crippen molar-refractivity contribution >= 4 is 34.6 Å². The predicted molar refractivity (Wildman–Crippen MR) is 82.5 cm³/mol. The van der Waals surface area contributed by atoms with Crippen LogP contribution >= 0.6 is 23.6 Å². The minimum atomic E-state index is -0.427. The van der Waals surface area contributed by atoms with E-state index in [1.807, 2.05) is 0 Å². The molecule has 2 aromatic rings. The number of thiazole rings is 1. The molecule has 0 saturated heterocycles. The minimum Gasteiger partial charge on any atom is -0.340 e. The molecule has 2 aromatic heterocycles. The standard InChI is InChI=1S/C12H12FN5OS2/c1-6-9(10(20)17-18-12(19)14-2)21-11(16-6)7-3-8(13)5-15-4-7/h3-5H,1-2H3,(H,17,20)(H2,14,18,19). The van der Waals surface area contributed by atoms with Gasteiger partial charge in [0.15, 0.2) is 0 Å². The number of rotatable bonds is 2. The molecule has 0 aliphatic carbocycles. The van der Waals surface area contributed by atoms with E-state index in [9.17, 15) is 9.18 Å². The summed E-state index contributed by atoms with van der Waals surface area (Å²) in [5, 5.41) is 3.00. The number of carbonyl (C=O) groups is 1. The number of urea groups is 1. The Morgan fingerprint density at radius 3 is 2.81 bits per heavy atom. The summed E-state index contributed by atoms with van der Waals surface area (Å²) < 4.78 is 13.2. The van der Waals surface area contributed by atoms with Crippen molar-refractivity contribution in [3.63, 3.8) is 0 Å². The van der Waals surface area contributed by atoms with Gasteiger partial charge in [-0.1, -0.05) is 12.2 Å². The molecule has 21 heavy (non-hydrogen) atoms. The van der Waals surface area contributed by atoms with E-state index in [0.717, 1.165) is 6.20 Å². The second-order valence-corrected chi connectivity index (χ2v) is 5.39. The van der Waals surface area contributed by atoms with Crippen LogP contribution < -0.4 is 16.2 Å². The molecule has 2 rings (SSSR count). The molecule has 0 atom stereocenters. The van der Waals surface area contributed by atoms with Crippen LogP contribution in [0, 0.1) is 12.7 Å². The third-order valence-electron chi connectivity index (χ3n) is 2.47. The maximum Gasteiger partial charge on any atom is 0.333 e. The monoisotopic (exact) mass is 325 g/mol. The first-order valence-electron chi connectivity index (χ1n) is 5.87. The maximum atomic E-state index is 13.2. The fourth-order valence-corrected chi connectivity index (χ4v) is 2.76. The average molecular weight is 325 g/mol. The first-order chi connectivity index (χ1) is 10.0. The van der Waals surface area contributed by atoms with Crippen molar-refractivity contribution in [2.24, 2.45) is 0 Å². The molecule has 9 heteroatoms. The number of thiocarbonyl (C=S) groups is 1. The Kier molecular flexibility index (Phi) is 4.76. The van der Waals surface area contributed by atoms with Gasteiger partial charge in [0, 0.05) is 18.8 Å². The SMILES string of the molecule is CNC(=O)NNC(=S)c1sc(-c2cncc(F)c2)nc1C. The van der Waals surface area contributed by atoms with Crippen molar-refractivity contribution in [3.05, 3.63) is 34.8 Å². The summed E-state index contributed by atoms with van der Waals surface area (Å²) in [4.78, 5) is 20.3. The summed E-state index contributed by atoms with van der Waals surface area (Å²) in [7, 11) is 1.49. The van der Waals surface area contributed by atoms with Gasteiger partial charge in [-0.25, -0.2) is 14.2 Å². The van der Waals surface area contributed by atoms with Crippen LogP contribution in [0.4, 0.5) is 9.18 Å². The summed E-state index contributed by atoms with van der Waals surface area (Å²) in [6, 6.07) is 0.947. The number of nitrogens with zero attached hydrogens (tertiary/aromatic N) is 2. The lowest BCUT2D eigenvalue weighted by Gasteiger charge is -2.07. The molecule has 2 heterocycles. The number of pyridine rings is 1. The lowest BCUT2D eigenvalue weighted by Crippen LogP contribution is -2.45. The van der Waals surface area contributed by atoms with E-state index in [0.29, 0.717) is 26.1 Å². The smallest absolute Gasteiger partial charge is 0.333 e. The quantitative estimate of drug-likeness (QED) is 0.579. The van der Waals surface area contributed by atoms with Crippen LogP contribution in [0.3, 0.4) is 0 Å².